The molecule has 0 aliphatic carbocycles. The quantitative estimate of drug-likeness (QED) is 0.869. The largest absolute Gasteiger partial charge is 0.333 e. The zero-order valence-electron chi connectivity index (χ0n) is 12.2. The van der Waals surface area contributed by atoms with Crippen LogP contribution in [-0.4, -0.2) is 21.4 Å². The summed E-state index contributed by atoms with van der Waals surface area (Å²) in [6.07, 6.45) is 2.55. The highest BCUT2D eigenvalue weighted by atomic mass is 16.2. The Morgan fingerprint density at radius 1 is 1.33 bits per heavy atom. The Labute approximate surface area is 109 Å². The number of aromatic nitrogens is 2. The van der Waals surface area contributed by atoms with E-state index < -0.39 is 0 Å². The second kappa shape index (κ2) is 5.00. The number of carbonyl (C=O) groups excluding carboxylic acids is 1. The molecule has 102 valence electrons. The summed E-state index contributed by atoms with van der Waals surface area (Å²) < 4.78 is 1.62. The summed E-state index contributed by atoms with van der Waals surface area (Å²) in [4.78, 5) is 11.9. The molecule has 2 amide bonds. The third-order valence-electron chi connectivity index (χ3n) is 2.49. The number of urea groups is 1. The van der Waals surface area contributed by atoms with E-state index in [0.29, 0.717) is 5.82 Å². The molecule has 2 N–H and O–H groups in total. The Kier molecular flexibility index (Phi) is 4.04. The Hall–Kier alpha value is -1.52. The van der Waals surface area contributed by atoms with E-state index in [9.17, 15) is 4.79 Å². The van der Waals surface area contributed by atoms with Crippen molar-refractivity contribution in [1.82, 2.24) is 15.1 Å². The van der Waals surface area contributed by atoms with Gasteiger partial charge in [0.15, 0.2) is 0 Å². The number of hydrogen-bond acceptors (Lipinski definition) is 2. The van der Waals surface area contributed by atoms with Gasteiger partial charge < -0.3 is 5.32 Å². The van der Waals surface area contributed by atoms with Gasteiger partial charge in [-0.15, -0.1) is 0 Å². The molecule has 0 unspecified atom stereocenters. The summed E-state index contributed by atoms with van der Waals surface area (Å²) in [6.45, 7) is 10.5. The molecule has 1 aromatic heterocycles. The molecular weight excluding hydrogens is 228 g/mol. The molecule has 5 nitrogen and oxygen atoms in total. The zero-order chi connectivity index (χ0) is 14.0. The van der Waals surface area contributed by atoms with Gasteiger partial charge in [-0.25, -0.2) is 4.79 Å². The maximum absolute atomic E-state index is 11.9. The molecule has 0 saturated heterocycles. The van der Waals surface area contributed by atoms with E-state index in [0.717, 1.165) is 6.42 Å². The van der Waals surface area contributed by atoms with Crippen LogP contribution in [0.15, 0.2) is 12.3 Å². The van der Waals surface area contributed by atoms with Crippen LogP contribution >= 0.6 is 0 Å². The normalized spacial score (nSPS) is 12.3. The van der Waals surface area contributed by atoms with Crippen molar-refractivity contribution in [1.29, 1.82) is 0 Å². The fourth-order valence-corrected chi connectivity index (χ4v) is 2.32. The molecule has 0 aliphatic rings. The third kappa shape index (κ3) is 4.77. The van der Waals surface area contributed by atoms with Gasteiger partial charge in [-0.2, -0.15) is 5.10 Å². The van der Waals surface area contributed by atoms with Crippen molar-refractivity contribution in [3.8, 4) is 0 Å². The number of nitrogens with zero attached hydrogens (tertiary/aromatic N) is 2. The number of hydrogen-bond donors (Lipinski definition) is 2. The second-order valence-electron chi connectivity index (χ2n) is 6.54. The van der Waals surface area contributed by atoms with E-state index in [-0.39, 0.29) is 17.0 Å². The van der Waals surface area contributed by atoms with Crippen molar-refractivity contribution in [2.75, 3.05) is 5.32 Å². The van der Waals surface area contributed by atoms with Crippen LogP contribution in [0.1, 0.15) is 41.0 Å². The van der Waals surface area contributed by atoms with Crippen LogP contribution in [0.4, 0.5) is 10.6 Å². The van der Waals surface area contributed by atoms with Gasteiger partial charge >= 0.3 is 6.03 Å². The van der Waals surface area contributed by atoms with Crippen LogP contribution in [0, 0.1) is 5.41 Å². The van der Waals surface area contributed by atoms with E-state index in [2.05, 4.69) is 36.5 Å². The van der Waals surface area contributed by atoms with Gasteiger partial charge in [-0.1, -0.05) is 20.8 Å². The summed E-state index contributed by atoms with van der Waals surface area (Å²) in [7, 11) is 1.79. The molecule has 5 heteroatoms. The molecule has 0 aromatic carbocycles. The number of carbonyl (C=O) groups is 1. The van der Waals surface area contributed by atoms with E-state index in [1.54, 1.807) is 24.0 Å². The van der Waals surface area contributed by atoms with Gasteiger partial charge in [0.25, 0.3) is 0 Å². The van der Waals surface area contributed by atoms with Gasteiger partial charge in [-0.3, -0.25) is 10.00 Å². The van der Waals surface area contributed by atoms with Gasteiger partial charge in [0.05, 0.1) is 6.20 Å². The smallest absolute Gasteiger partial charge is 0.320 e. The van der Waals surface area contributed by atoms with Crippen LogP contribution in [0.5, 0.6) is 0 Å². The topological polar surface area (TPSA) is 59.0 Å². The first-order valence-electron chi connectivity index (χ1n) is 6.16. The zero-order valence-corrected chi connectivity index (χ0v) is 12.2. The minimum absolute atomic E-state index is 0.170. The van der Waals surface area contributed by atoms with Crippen molar-refractivity contribution in [2.24, 2.45) is 12.5 Å². The first kappa shape index (κ1) is 14.5. The summed E-state index contributed by atoms with van der Waals surface area (Å²) in [5.41, 5.74) is -0.0791. The molecule has 18 heavy (non-hydrogen) atoms. The third-order valence-corrected chi connectivity index (χ3v) is 2.49. The molecule has 0 bridgehead atoms. The van der Waals surface area contributed by atoms with Crippen molar-refractivity contribution in [2.45, 2.75) is 46.6 Å². The van der Waals surface area contributed by atoms with E-state index in [1.165, 1.54) is 0 Å². The van der Waals surface area contributed by atoms with Crippen molar-refractivity contribution < 1.29 is 4.79 Å². The molecule has 0 aliphatic heterocycles. The molecule has 1 aromatic rings. The highest BCUT2D eigenvalue weighted by molar-refractivity contribution is 5.88. The maximum Gasteiger partial charge on any atom is 0.320 e. The van der Waals surface area contributed by atoms with Crippen LogP contribution in [0.2, 0.25) is 0 Å². The molecule has 0 fully saturated rings. The van der Waals surface area contributed by atoms with Gasteiger partial charge in [0, 0.05) is 18.7 Å². The molecule has 0 atom stereocenters. The average molecular weight is 252 g/mol. The Balaban J connectivity index is 2.57. The first-order chi connectivity index (χ1) is 8.09. The lowest BCUT2D eigenvalue weighted by Crippen LogP contribution is -2.47. The summed E-state index contributed by atoms with van der Waals surface area (Å²) >= 11 is 0. The Morgan fingerprint density at radius 2 is 1.94 bits per heavy atom. The van der Waals surface area contributed by atoms with Crippen molar-refractivity contribution in [3.63, 3.8) is 0 Å². The number of anilines is 1. The lowest BCUT2D eigenvalue weighted by Gasteiger charge is -2.33. The van der Waals surface area contributed by atoms with E-state index in [1.807, 2.05) is 13.8 Å². The predicted octanol–water partition coefficient (Wildman–Crippen LogP) is 2.76. The minimum atomic E-state index is -0.249. The fourth-order valence-electron chi connectivity index (χ4n) is 2.32. The van der Waals surface area contributed by atoms with Gasteiger partial charge in [0.1, 0.15) is 5.82 Å². The van der Waals surface area contributed by atoms with Crippen molar-refractivity contribution >= 4 is 11.8 Å². The Morgan fingerprint density at radius 3 is 2.39 bits per heavy atom. The standard InChI is InChI=1S/C13H24N4O/c1-12(2,3)9-13(4,5)16-11(18)15-10-7-8-14-17(10)6/h7-8H,9H2,1-6H3,(H2,15,16,18). The van der Waals surface area contributed by atoms with Crippen LogP contribution < -0.4 is 10.6 Å². The number of amides is 2. The predicted molar refractivity (Wildman–Crippen MR) is 73.5 cm³/mol. The molecule has 1 heterocycles. The molecule has 1 rings (SSSR count). The maximum atomic E-state index is 11.9. The van der Waals surface area contributed by atoms with Crippen molar-refractivity contribution in [3.05, 3.63) is 12.3 Å². The number of aryl methyl sites for hydroxylation is 1. The fraction of sp³-hybridized carbons (Fsp3) is 0.692. The second-order valence-corrected chi connectivity index (χ2v) is 6.54. The summed E-state index contributed by atoms with van der Waals surface area (Å²) in [5.74, 6) is 0.680. The lowest BCUT2D eigenvalue weighted by molar-refractivity contribution is 0.220. The minimum Gasteiger partial charge on any atom is -0.333 e. The van der Waals surface area contributed by atoms with Gasteiger partial charge in [-0.05, 0) is 25.7 Å². The van der Waals surface area contributed by atoms with E-state index in [4.69, 9.17) is 0 Å². The highest BCUT2D eigenvalue weighted by Crippen LogP contribution is 2.26. The average Bonchev–Trinajstić information content (AvgIpc) is 2.45. The SMILES string of the molecule is Cn1nccc1NC(=O)NC(C)(C)CC(C)(C)C. The molecular formula is C13H24N4O. The Bertz CT molecular complexity index is 415. The lowest BCUT2D eigenvalue weighted by atomic mass is 9.82. The van der Waals surface area contributed by atoms with Crippen LogP contribution in [0.3, 0.4) is 0 Å². The summed E-state index contributed by atoms with van der Waals surface area (Å²) in [5, 5.41) is 9.77. The molecule has 0 radical (unpaired) electrons. The molecule has 0 spiro atoms. The number of rotatable bonds is 3. The van der Waals surface area contributed by atoms with Gasteiger partial charge in [0.2, 0.25) is 0 Å². The number of nitrogens with one attached hydrogen (secondary N) is 2. The van der Waals surface area contributed by atoms with Crippen LogP contribution in [0.25, 0.3) is 0 Å². The monoisotopic (exact) mass is 252 g/mol. The highest BCUT2D eigenvalue weighted by Gasteiger charge is 2.27. The van der Waals surface area contributed by atoms with Crippen LogP contribution in [-0.2, 0) is 7.05 Å². The first-order valence-corrected chi connectivity index (χ1v) is 6.16. The molecule has 0 saturated carbocycles. The van der Waals surface area contributed by atoms with E-state index >= 15 is 0 Å². The summed E-state index contributed by atoms with van der Waals surface area (Å²) in [6, 6.07) is 1.56.